The molecule has 0 fully saturated rings. The minimum Gasteiger partial charge on any atom is -0.356 e. The Morgan fingerprint density at radius 2 is 1.86 bits per heavy atom. The maximum atomic E-state index is 13.5. The molecule has 0 amide bonds. The predicted octanol–water partition coefficient (Wildman–Crippen LogP) is 4.21. The molecule has 0 unspecified atom stereocenters. The summed E-state index contributed by atoms with van der Waals surface area (Å²) in [6, 6.07) is 16.6. The Morgan fingerprint density at radius 3 is 2.61 bits per heavy atom. The van der Waals surface area contributed by atoms with Crippen molar-refractivity contribution < 1.29 is 8.91 Å². The van der Waals surface area contributed by atoms with E-state index in [-0.39, 0.29) is 5.82 Å². The van der Waals surface area contributed by atoms with Crippen molar-refractivity contribution in [2.75, 3.05) is 13.3 Å². The molecule has 2 N–H and O–H groups in total. The molecule has 3 rings (SSSR count). The molecule has 7 heteroatoms. The third-order valence-corrected chi connectivity index (χ3v) is 4.79. The molecular weight excluding hydrogens is 375 g/mol. The summed E-state index contributed by atoms with van der Waals surface area (Å²) < 4.78 is 18.9. The Balaban J connectivity index is 1.57. The fraction of sp³-hybridized carbons (Fsp3) is 0.238. The van der Waals surface area contributed by atoms with E-state index in [1.807, 2.05) is 48.7 Å². The number of benzene rings is 2. The van der Waals surface area contributed by atoms with E-state index in [4.69, 9.17) is 4.52 Å². The fourth-order valence-electron chi connectivity index (χ4n) is 2.76. The Bertz CT molecular complexity index is 927. The van der Waals surface area contributed by atoms with Gasteiger partial charge in [-0.3, -0.25) is 4.99 Å². The minimum atomic E-state index is -0.212. The average molecular weight is 399 g/mol. The molecule has 5 nitrogen and oxygen atoms in total. The number of rotatable bonds is 7. The van der Waals surface area contributed by atoms with E-state index < -0.39 is 0 Å². The third-order valence-electron chi connectivity index (χ3n) is 4.19. The Kier molecular flexibility index (Phi) is 7.08. The maximum Gasteiger partial charge on any atom is 0.191 e. The number of halogens is 1. The zero-order valence-corrected chi connectivity index (χ0v) is 16.7. The van der Waals surface area contributed by atoms with Crippen LogP contribution in [0.15, 0.2) is 64.1 Å². The van der Waals surface area contributed by atoms with Crippen LogP contribution >= 0.6 is 11.8 Å². The zero-order chi connectivity index (χ0) is 19.8. The van der Waals surface area contributed by atoms with Gasteiger partial charge in [0.1, 0.15) is 11.5 Å². The molecule has 146 valence electrons. The average Bonchev–Trinajstić information content (AvgIpc) is 3.19. The first-order valence-electron chi connectivity index (χ1n) is 8.91. The van der Waals surface area contributed by atoms with Crippen LogP contribution in [0.1, 0.15) is 16.8 Å². The van der Waals surface area contributed by atoms with E-state index in [0.29, 0.717) is 19.0 Å². The highest BCUT2D eigenvalue weighted by Gasteiger charge is 2.08. The fourth-order valence-corrected chi connectivity index (χ4v) is 3.34. The lowest BCUT2D eigenvalue weighted by atomic mass is 10.1. The number of nitrogens with one attached hydrogen (secondary N) is 2. The van der Waals surface area contributed by atoms with Crippen LogP contribution in [0.5, 0.6) is 0 Å². The van der Waals surface area contributed by atoms with Gasteiger partial charge in [0.15, 0.2) is 11.7 Å². The van der Waals surface area contributed by atoms with Gasteiger partial charge in [0, 0.05) is 31.0 Å². The van der Waals surface area contributed by atoms with Crippen LogP contribution in [0, 0.1) is 5.82 Å². The lowest BCUT2D eigenvalue weighted by Gasteiger charge is -2.13. The molecular formula is C21H23FN4OS. The van der Waals surface area contributed by atoms with E-state index in [9.17, 15) is 4.39 Å². The van der Waals surface area contributed by atoms with Crippen molar-refractivity contribution in [3.63, 3.8) is 0 Å². The molecule has 0 saturated carbocycles. The zero-order valence-electron chi connectivity index (χ0n) is 15.9. The van der Waals surface area contributed by atoms with E-state index >= 15 is 0 Å². The minimum absolute atomic E-state index is 0.212. The summed E-state index contributed by atoms with van der Waals surface area (Å²) in [5.41, 5.74) is 3.80. The molecule has 0 saturated heterocycles. The van der Waals surface area contributed by atoms with E-state index in [0.717, 1.165) is 33.9 Å². The SMILES string of the molecule is CN=C(NCc1cc(-c2ccccc2)on1)NCc1ccc(F)cc1CSC. The van der Waals surface area contributed by atoms with Crippen LogP contribution in [0.3, 0.4) is 0 Å². The van der Waals surface area contributed by atoms with Crippen LogP contribution in [0.2, 0.25) is 0 Å². The second-order valence-corrected chi connectivity index (χ2v) is 7.04. The molecule has 3 aromatic rings. The lowest BCUT2D eigenvalue weighted by Crippen LogP contribution is -2.36. The maximum absolute atomic E-state index is 13.5. The van der Waals surface area contributed by atoms with Crippen molar-refractivity contribution >= 4 is 17.7 Å². The monoisotopic (exact) mass is 398 g/mol. The van der Waals surface area contributed by atoms with Gasteiger partial charge < -0.3 is 15.2 Å². The van der Waals surface area contributed by atoms with E-state index in [1.54, 1.807) is 24.9 Å². The van der Waals surface area contributed by atoms with Crippen LogP contribution in [0.4, 0.5) is 4.39 Å². The van der Waals surface area contributed by atoms with Crippen molar-refractivity contribution in [2.24, 2.45) is 4.99 Å². The molecule has 0 aliphatic carbocycles. The van der Waals surface area contributed by atoms with Crippen molar-refractivity contribution in [3.8, 4) is 11.3 Å². The Hall–Kier alpha value is -2.80. The number of guanidine groups is 1. The van der Waals surface area contributed by atoms with Crippen LogP contribution in [0.25, 0.3) is 11.3 Å². The molecule has 2 aromatic carbocycles. The van der Waals surface area contributed by atoms with Gasteiger partial charge >= 0.3 is 0 Å². The molecule has 0 radical (unpaired) electrons. The normalized spacial score (nSPS) is 11.5. The smallest absolute Gasteiger partial charge is 0.191 e. The largest absolute Gasteiger partial charge is 0.356 e. The van der Waals surface area contributed by atoms with Gasteiger partial charge in [-0.15, -0.1) is 0 Å². The standard InChI is InChI=1S/C21H23FN4OS/c1-23-21(24-12-16-8-9-18(22)10-17(16)14-28-2)25-13-19-11-20(27-26-19)15-6-4-3-5-7-15/h3-11H,12-14H2,1-2H3,(H2,23,24,25). The second-order valence-electron chi connectivity index (χ2n) is 6.17. The van der Waals surface area contributed by atoms with Gasteiger partial charge in [0.05, 0.1) is 6.54 Å². The Morgan fingerprint density at radius 1 is 1.07 bits per heavy atom. The summed E-state index contributed by atoms with van der Waals surface area (Å²) in [5.74, 6) is 1.93. The van der Waals surface area contributed by atoms with Gasteiger partial charge in [0.25, 0.3) is 0 Å². The van der Waals surface area contributed by atoms with Gasteiger partial charge in [0.2, 0.25) is 0 Å². The quantitative estimate of drug-likeness (QED) is 0.461. The highest BCUT2D eigenvalue weighted by Crippen LogP contribution is 2.19. The number of hydrogen-bond donors (Lipinski definition) is 2. The molecule has 0 bridgehead atoms. The first-order valence-corrected chi connectivity index (χ1v) is 10.3. The number of aliphatic imine (C=N–C) groups is 1. The van der Waals surface area contributed by atoms with Gasteiger partial charge in [-0.1, -0.05) is 41.6 Å². The summed E-state index contributed by atoms with van der Waals surface area (Å²) in [6.45, 7) is 1.04. The highest BCUT2D eigenvalue weighted by molar-refractivity contribution is 7.97. The first kappa shape index (κ1) is 19.9. The molecule has 0 atom stereocenters. The number of aromatic nitrogens is 1. The van der Waals surface area contributed by atoms with Gasteiger partial charge in [-0.2, -0.15) is 11.8 Å². The summed E-state index contributed by atoms with van der Waals surface area (Å²) in [5, 5.41) is 10.6. The predicted molar refractivity (Wildman–Crippen MR) is 113 cm³/mol. The van der Waals surface area contributed by atoms with Crippen LogP contribution in [-0.2, 0) is 18.8 Å². The van der Waals surface area contributed by atoms with Crippen LogP contribution < -0.4 is 10.6 Å². The molecule has 0 aliphatic rings. The second kappa shape index (κ2) is 9.94. The molecule has 1 aromatic heterocycles. The van der Waals surface area contributed by atoms with Gasteiger partial charge in [-0.05, 0) is 29.5 Å². The summed E-state index contributed by atoms with van der Waals surface area (Å²) >= 11 is 1.67. The molecule has 0 aliphatic heterocycles. The molecule has 28 heavy (non-hydrogen) atoms. The van der Waals surface area contributed by atoms with Gasteiger partial charge in [-0.25, -0.2) is 4.39 Å². The highest BCUT2D eigenvalue weighted by atomic mass is 32.2. The summed E-state index contributed by atoms with van der Waals surface area (Å²) in [4.78, 5) is 4.23. The first-order chi connectivity index (χ1) is 13.7. The van der Waals surface area contributed by atoms with Crippen LogP contribution in [-0.4, -0.2) is 24.4 Å². The summed E-state index contributed by atoms with van der Waals surface area (Å²) in [7, 11) is 1.71. The van der Waals surface area contributed by atoms with Crippen molar-refractivity contribution in [3.05, 3.63) is 77.2 Å². The summed E-state index contributed by atoms with van der Waals surface area (Å²) in [6.07, 6.45) is 2.00. The molecule has 1 heterocycles. The number of nitrogens with zero attached hydrogens (tertiary/aromatic N) is 2. The number of hydrogen-bond acceptors (Lipinski definition) is 4. The van der Waals surface area contributed by atoms with Crippen molar-refractivity contribution in [1.82, 2.24) is 15.8 Å². The van der Waals surface area contributed by atoms with E-state index in [1.165, 1.54) is 6.07 Å². The lowest BCUT2D eigenvalue weighted by molar-refractivity contribution is 0.422. The van der Waals surface area contributed by atoms with Crippen molar-refractivity contribution in [2.45, 2.75) is 18.8 Å². The van der Waals surface area contributed by atoms with E-state index in [2.05, 4.69) is 20.8 Å². The van der Waals surface area contributed by atoms with Crippen molar-refractivity contribution in [1.29, 1.82) is 0 Å². The number of thioether (sulfide) groups is 1. The Labute approximate surface area is 168 Å². The topological polar surface area (TPSA) is 62.5 Å². The molecule has 0 spiro atoms. The third kappa shape index (κ3) is 5.36.